The van der Waals surface area contributed by atoms with Crippen LogP contribution in [0.5, 0.6) is 0 Å². The summed E-state index contributed by atoms with van der Waals surface area (Å²) in [6.07, 6.45) is 3.79. The van der Waals surface area contributed by atoms with Crippen molar-refractivity contribution in [3.8, 4) is 0 Å². The maximum atomic E-state index is 12.2. The zero-order valence-electron chi connectivity index (χ0n) is 12.2. The van der Waals surface area contributed by atoms with Gasteiger partial charge in [0.15, 0.2) is 5.65 Å². The summed E-state index contributed by atoms with van der Waals surface area (Å²) < 4.78 is 1.88. The van der Waals surface area contributed by atoms with Gasteiger partial charge in [-0.2, -0.15) is 0 Å². The fourth-order valence-corrected chi connectivity index (χ4v) is 3.01. The lowest BCUT2D eigenvalue weighted by Crippen LogP contribution is -2.43. The zero-order chi connectivity index (χ0) is 15.0. The predicted octanol–water partition coefficient (Wildman–Crippen LogP) is 1.69. The van der Waals surface area contributed by atoms with E-state index in [1.54, 1.807) is 25.1 Å². The molecular formula is C14H18ClN5O. The van der Waals surface area contributed by atoms with Crippen molar-refractivity contribution in [3.05, 3.63) is 23.4 Å². The molecule has 1 aliphatic heterocycles. The largest absolute Gasteiger partial charge is 0.349 e. The molecule has 1 saturated heterocycles. The molecule has 7 heteroatoms. The van der Waals surface area contributed by atoms with Gasteiger partial charge in [-0.1, -0.05) is 11.6 Å². The molecule has 3 rings (SSSR count). The highest BCUT2D eigenvalue weighted by Crippen LogP contribution is 2.25. The van der Waals surface area contributed by atoms with Crippen LogP contribution in [0.4, 0.5) is 5.95 Å². The van der Waals surface area contributed by atoms with Crippen molar-refractivity contribution >= 4 is 29.1 Å². The van der Waals surface area contributed by atoms with Gasteiger partial charge in [-0.3, -0.25) is 9.20 Å². The Morgan fingerprint density at radius 2 is 2.24 bits per heavy atom. The molecule has 112 valence electrons. The lowest BCUT2D eigenvalue weighted by atomic mass is 9.97. The molecule has 3 heterocycles. The molecule has 2 aromatic rings. The monoisotopic (exact) mass is 307 g/mol. The van der Waals surface area contributed by atoms with E-state index in [0.29, 0.717) is 17.2 Å². The van der Waals surface area contributed by atoms with Gasteiger partial charge in [0.1, 0.15) is 0 Å². The van der Waals surface area contributed by atoms with Crippen molar-refractivity contribution in [2.45, 2.75) is 12.8 Å². The van der Waals surface area contributed by atoms with Crippen molar-refractivity contribution in [2.75, 3.05) is 32.1 Å². The van der Waals surface area contributed by atoms with Crippen molar-refractivity contribution in [1.82, 2.24) is 19.5 Å². The molecule has 1 aliphatic rings. The third-order valence-electron chi connectivity index (χ3n) is 3.86. The number of pyridine rings is 1. The van der Waals surface area contributed by atoms with Crippen molar-refractivity contribution in [2.24, 2.45) is 5.92 Å². The maximum absolute atomic E-state index is 12.2. The van der Waals surface area contributed by atoms with Gasteiger partial charge in [0.05, 0.1) is 10.9 Å². The van der Waals surface area contributed by atoms with Crippen LogP contribution in [0.2, 0.25) is 5.02 Å². The molecule has 1 amide bonds. The summed E-state index contributed by atoms with van der Waals surface area (Å²) in [6.45, 7) is 1.55. The van der Waals surface area contributed by atoms with Gasteiger partial charge in [-0.25, -0.2) is 0 Å². The summed E-state index contributed by atoms with van der Waals surface area (Å²) in [5, 5.41) is 8.97. The maximum Gasteiger partial charge on any atom is 0.231 e. The third kappa shape index (κ3) is 2.55. The molecule has 1 fully saturated rings. The normalized spacial score (nSPS) is 19.0. The number of halogens is 1. The van der Waals surface area contributed by atoms with Crippen LogP contribution in [0.15, 0.2) is 18.3 Å². The summed E-state index contributed by atoms with van der Waals surface area (Å²) in [5.74, 6) is 0.940. The fourth-order valence-electron chi connectivity index (χ4n) is 2.81. The van der Waals surface area contributed by atoms with Crippen LogP contribution in [-0.2, 0) is 4.79 Å². The Kier molecular flexibility index (Phi) is 3.71. The number of aromatic nitrogens is 3. The quantitative estimate of drug-likeness (QED) is 0.847. The van der Waals surface area contributed by atoms with E-state index in [4.69, 9.17) is 11.6 Å². The van der Waals surface area contributed by atoms with Crippen LogP contribution < -0.4 is 4.90 Å². The highest BCUT2D eigenvalue weighted by Gasteiger charge is 2.29. The Hall–Kier alpha value is -1.82. The van der Waals surface area contributed by atoms with Crippen LogP contribution in [0.3, 0.4) is 0 Å². The average molecular weight is 308 g/mol. The number of nitrogens with zero attached hydrogens (tertiary/aromatic N) is 5. The summed E-state index contributed by atoms with van der Waals surface area (Å²) in [7, 11) is 3.60. The predicted molar refractivity (Wildman–Crippen MR) is 81.6 cm³/mol. The first-order chi connectivity index (χ1) is 10.1. The first kappa shape index (κ1) is 14.1. The Labute approximate surface area is 128 Å². The first-order valence-electron chi connectivity index (χ1n) is 7.03. The molecule has 6 nitrogen and oxygen atoms in total. The minimum absolute atomic E-state index is 0.0142. The highest BCUT2D eigenvalue weighted by molar-refractivity contribution is 6.33. The second-order valence-electron chi connectivity index (χ2n) is 5.57. The Morgan fingerprint density at radius 1 is 1.43 bits per heavy atom. The van der Waals surface area contributed by atoms with E-state index in [2.05, 4.69) is 15.1 Å². The molecule has 0 aliphatic carbocycles. The lowest BCUT2D eigenvalue weighted by molar-refractivity contribution is -0.133. The van der Waals surface area contributed by atoms with Gasteiger partial charge in [0, 0.05) is 33.4 Å². The van der Waals surface area contributed by atoms with Gasteiger partial charge in [0.25, 0.3) is 0 Å². The number of piperidine rings is 1. The van der Waals surface area contributed by atoms with Gasteiger partial charge >= 0.3 is 0 Å². The summed E-state index contributed by atoms with van der Waals surface area (Å²) in [4.78, 5) is 15.9. The summed E-state index contributed by atoms with van der Waals surface area (Å²) in [5.41, 5.74) is 0.648. The molecule has 1 atom stereocenters. The van der Waals surface area contributed by atoms with Gasteiger partial charge in [-0.15, -0.1) is 10.2 Å². The number of rotatable bonds is 2. The Bertz CT molecular complexity index is 668. The Balaban J connectivity index is 1.89. The molecule has 2 aromatic heterocycles. The van der Waals surface area contributed by atoms with Crippen LogP contribution in [-0.4, -0.2) is 52.6 Å². The summed E-state index contributed by atoms with van der Waals surface area (Å²) >= 11 is 6.13. The van der Waals surface area contributed by atoms with Crippen molar-refractivity contribution < 1.29 is 4.79 Å². The van der Waals surface area contributed by atoms with E-state index >= 15 is 0 Å². The summed E-state index contributed by atoms with van der Waals surface area (Å²) in [6, 6.07) is 3.67. The molecule has 21 heavy (non-hydrogen) atoms. The topological polar surface area (TPSA) is 53.7 Å². The average Bonchev–Trinajstić information content (AvgIpc) is 2.92. The van der Waals surface area contributed by atoms with Gasteiger partial charge in [-0.05, 0) is 25.0 Å². The van der Waals surface area contributed by atoms with E-state index in [1.807, 2.05) is 16.7 Å². The van der Waals surface area contributed by atoms with Crippen molar-refractivity contribution in [1.29, 1.82) is 0 Å². The smallest absolute Gasteiger partial charge is 0.231 e. The molecule has 0 bridgehead atoms. The minimum Gasteiger partial charge on any atom is -0.349 e. The number of carbonyl (C=O) groups excluding carboxylic acids is 1. The number of amides is 1. The highest BCUT2D eigenvalue weighted by atomic mass is 35.5. The van der Waals surface area contributed by atoms with Crippen LogP contribution in [0.25, 0.3) is 5.65 Å². The molecule has 0 N–H and O–H groups in total. The zero-order valence-corrected chi connectivity index (χ0v) is 12.9. The van der Waals surface area contributed by atoms with Crippen LogP contribution in [0, 0.1) is 5.92 Å². The number of hydrogen-bond donors (Lipinski definition) is 0. The molecule has 0 radical (unpaired) electrons. The third-order valence-corrected chi connectivity index (χ3v) is 4.16. The number of carbonyl (C=O) groups is 1. The second kappa shape index (κ2) is 5.52. The van der Waals surface area contributed by atoms with E-state index in [9.17, 15) is 4.79 Å². The van der Waals surface area contributed by atoms with Crippen LogP contribution in [0.1, 0.15) is 12.8 Å². The minimum atomic E-state index is 0.0142. The van der Waals surface area contributed by atoms with Crippen LogP contribution >= 0.6 is 11.6 Å². The first-order valence-corrected chi connectivity index (χ1v) is 7.41. The van der Waals surface area contributed by atoms with Gasteiger partial charge < -0.3 is 9.80 Å². The SMILES string of the molecule is CN(C)C(=O)C1CCCN(c2nnc3c(Cl)cccn23)C1. The second-order valence-corrected chi connectivity index (χ2v) is 5.97. The molecule has 1 unspecified atom stereocenters. The van der Waals surface area contributed by atoms with Crippen molar-refractivity contribution in [3.63, 3.8) is 0 Å². The number of fused-ring (bicyclic) bond motifs is 1. The lowest BCUT2D eigenvalue weighted by Gasteiger charge is -2.33. The fraction of sp³-hybridized carbons (Fsp3) is 0.500. The number of hydrogen-bond acceptors (Lipinski definition) is 4. The van der Waals surface area contributed by atoms with E-state index in [1.165, 1.54) is 0 Å². The van der Waals surface area contributed by atoms with Gasteiger partial charge in [0.2, 0.25) is 11.9 Å². The van der Waals surface area contributed by atoms with E-state index in [0.717, 1.165) is 25.3 Å². The Morgan fingerprint density at radius 3 is 3.00 bits per heavy atom. The van der Waals surface area contributed by atoms with E-state index < -0.39 is 0 Å². The molecule has 0 spiro atoms. The standard InChI is InChI=1S/C14H18ClN5O/c1-18(2)13(21)10-5-3-7-19(9-10)14-17-16-12-11(15)6-4-8-20(12)14/h4,6,8,10H,3,5,7,9H2,1-2H3. The van der Waals surface area contributed by atoms with E-state index in [-0.39, 0.29) is 11.8 Å². The number of anilines is 1. The molecule has 0 aromatic carbocycles. The molecule has 0 saturated carbocycles. The molecular weight excluding hydrogens is 290 g/mol.